The standard InChI is InChI=1S/C14H9BrN4O2/c15-11-5-3-4-10(8-11)12-9-18(17-16-12)13-6-1-2-7-14(13)19(20)21/h1-9H. The van der Waals surface area contributed by atoms with Gasteiger partial charge in [-0.1, -0.05) is 45.4 Å². The van der Waals surface area contributed by atoms with Gasteiger partial charge in [-0.15, -0.1) is 5.10 Å². The fourth-order valence-corrected chi connectivity index (χ4v) is 2.37. The van der Waals surface area contributed by atoms with Gasteiger partial charge in [0.1, 0.15) is 11.4 Å². The second kappa shape index (κ2) is 5.45. The van der Waals surface area contributed by atoms with Crippen LogP contribution in [0.15, 0.2) is 59.2 Å². The van der Waals surface area contributed by atoms with Gasteiger partial charge in [-0.3, -0.25) is 10.1 Å². The Hall–Kier alpha value is -2.54. The lowest BCUT2D eigenvalue weighted by Crippen LogP contribution is -2.00. The molecule has 0 saturated carbocycles. The summed E-state index contributed by atoms with van der Waals surface area (Å²) in [5, 5.41) is 19.1. The van der Waals surface area contributed by atoms with E-state index in [0.717, 1.165) is 10.0 Å². The van der Waals surface area contributed by atoms with Crippen molar-refractivity contribution in [1.29, 1.82) is 0 Å². The van der Waals surface area contributed by atoms with Gasteiger partial charge in [-0.25, -0.2) is 4.68 Å². The molecule has 0 saturated heterocycles. The maximum absolute atomic E-state index is 11.1. The lowest BCUT2D eigenvalue weighted by molar-refractivity contribution is -0.384. The number of para-hydroxylation sites is 2. The van der Waals surface area contributed by atoms with Gasteiger partial charge in [0.05, 0.1) is 11.1 Å². The molecule has 0 amide bonds. The molecule has 1 heterocycles. The molecule has 7 heteroatoms. The van der Waals surface area contributed by atoms with Crippen LogP contribution in [0, 0.1) is 10.1 Å². The first-order valence-corrected chi connectivity index (χ1v) is 6.86. The highest BCUT2D eigenvalue weighted by Gasteiger charge is 2.16. The molecular formula is C14H9BrN4O2. The lowest BCUT2D eigenvalue weighted by atomic mass is 10.2. The van der Waals surface area contributed by atoms with E-state index in [1.165, 1.54) is 10.7 Å². The van der Waals surface area contributed by atoms with Crippen LogP contribution in [0.5, 0.6) is 0 Å². The molecule has 3 aromatic rings. The highest BCUT2D eigenvalue weighted by molar-refractivity contribution is 9.10. The summed E-state index contributed by atoms with van der Waals surface area (Å²) in [6, 6.07) is 14.0. The summed E-state index contributed by atoms with van der Waals surface area (Å²) in [5.41, 5.74) is 1.91. The average Bonchev–Trinajstić information content (AvgIpc) is 2.97. The minimum absolute atomic E-state index is 0.0109. The van der Waals surface area contributed by atoms with Crippen LogP contribution in [0.25, 0.3) is 16.9 Å². The molecule has 1 aromatic heterocycles. The number of hydrogen-bond donors (Lipinski definition) is 0. The van der Waals surface area contributed by atoms with Crippen LogP contribution in [0.1, 0.15) is 0 Å². The molecule has 104 valence electrons. The molecule has 0 aliphatic heterocycles. The van der Waals surface area contributed by atoms with E-state index in [-0.39, 0.29) is 5.69 Å². The lowest BCUT2D eigenvalue weighted by Gasteiger charge is -2.00. The maximum atomic E-state index is 11.1. The van der Waals surface area contributed by atoms with Crippen molar-refractivity contribution >= 4 is 21.6 Å². The van der Waals surface area contributed by atoms with Crippen molar-refractivity contribution < 1.29 is 4.92 Å². The third-order valence-electron chi connectivity index (χ3n) is 2.94. The van der Waals surface area contributed by atoms with Crippen molar-refractivity contribution in [3.63, 3.8) is 0 Å². The third-order valence-corrected chi connectivity index (χ3v) is 3.43. The highest BCUT2D eigenvalue weighted by Crippen LogP contribution is 2.25. The summed E-state index contributed by atoms with van der Waals surface area (Å²) in [5.74, 6) is 0. The smallest absolute Gasteiger partial charge is 0.258 e. The monoisotopic (exact) mass is 344 g/mol. The Labute approximate surface area is 128 Å². The van der Waals surface area contributed by atoms with E-state index >= 15 is 0 Å². The van der Waals surface area contributed by atoms with Gasteiger partial charge in [-0.2, -0.15) is 0 Å². The maximum Gasteiger partial charge on any atom is 0.294 e. The minimum Gasteiger partial charge on any atom is -0.258 e. The first kappa shape index (κ1) is 13.4. The number of nitro groups is 1. The molecule has 0 aliphatic carbocycles. The Balaban J connectivity index is 2.05. The van der Waals surface area contributed by atoms with Gasteiger partial charge < -0.3 is 0 Å². The Morgan fingerprint density at radius 2 is 1.95 bits per heavy atom. The van der Waals surface area contributed by atoms with Crippen molar-refractivity contribution in [2.45, 2.75) is 0 Å². The van der Waals surface area contributed by atoms with E-state index in [2.05, 4.69) is 26.2 Å². The number of aromatic nitrogens is 3. The number of nitro benzene ring substituents is 1. The molecule has 0 fully saturated rings. The van der Waals surface area contributed by atoms with Crippen molar-refractivity contribution in [1.82, 2.24) is 15.0 Å². The molecular weight excluding hydrogens is 336 g/mol. The molecule has 0 radical (unpaired) electrons. The van der Waals surface area contributed by atoms with Crippen molar-refractivity contribution in [3.05, 3.63) is 69.3 Å². The quantitative estimate of drug-likeness (QED) is 0.537. The molecule has 21 heavy (non-hydrogen) atoms. The average molecular weight is 345 g/mol. The summed E-state index contributed by atoms with van der Waals surface area (Å²) in [4.78, 5) is 10.6. The van der Waals surface area contributed by atoms with E-state index in [1.54, 1.807) is 24.4 Å². The van der Waals surface area contributed by atoms with Crippen LogP contribution in [0.2, 0.25) is 0 Å². The zero-order valence-corrected chi connectivity index (χ0v) is 12.3. The van der Waals surface area contributed by atoms with Crippen LogP contribution in [0.3, 0.4) is 0 Å². The normalized spacial score (nSPS) is 10.5. The zero-order valence-electron chi connectivity index (χ0n) is 10.7. The SMILES string of the molecule is O=[N+]([O-])c1ccccc1-n1cc(-c2cccc(Br)c2)nn1. The van der Waals surface area contributed by atoms with E-state index in [4.69, 9.17) is 0 Å². The number of nitrogens with zero attached hydrogens (tertiary/aromatic N) is 4. The summed E-state index contributed by atoms with van der Waals surface area (Å²) >= 11 is 3.40. The van der Waals surface area contributed by atoms with Gasteiger partial charge in [0, 0.05) is 16.1 Å². The second-order valence-electron chi connectivity index (χ2n) is 4.30. The fraction of sp³-hybridized carbons (Fsp3) is 0. The molecule has 0 spiro atoms. The number of hydrogen-bond acceptors (Lipinski definition) is 4. The molecule has 0 unspecified atom stereocenters. The summed E-state index contributed by atoms with van der Waals surface area (Å²) < 4.78 is 2.34. The Bertz CT molecular complexity index is 816. The number of halogens is 1. The topological polar surface area (TPSA) is 73.8 Å². The van der Waals surface area contributed by atoms with E-state index in [1.807, 2.05) is 24.3 Å². The molecule has 6 nitrogen and oxygen atoms in total. The Kier molecular flexibility index (Phi) is 3.49. The Morgan fingerprint density at radius 1 is 1.14 bits per heavy atom. The van der Waals surface area contributed by atoms with E-state index in [0.29, 0.717) is 11.4 Å². The van der Waals surface area contributed by atoms with Crippen LogP contribution in [-0.2, 0) is 0 Å². The first-order chi connectivity index (χ1) is 10.1. The number of benzene rings is 2. The molecule has 3 rings (SSSR count). The van der Waals surface area contributed by atoms with Gasteiger partial charge in [-0.05, 0) is 18.2 Å². The van der Waals surface area contributed by atoms with Crippen molar-refractivity contribution in [3.8, 4) is 16.9 Å². The highest BCUT2D eigenvalue weighted by atomic mass is 79.9. The van der Waals surface area contributed by atoms with Gasteiger partial charge in [0.15, 0.2) is 0 Å². The molecule has 0 atom stereocenters. The van der Waals surface area contributed by atoms with Crippen LogP contribution >= 0.6 is 15.9 Å². The van der Waals surface area contributed by atoms with Crippen LogP contribution < -0.4 is 0 Å². The van der Waals surface area contributed by atoms with E-state index < -0.39 is 4.92 Å². The summed E-state index contributed by atoms with van der Waals surface area (Å²) in [6.45, 7) is 0. The largest absolute Gasteiger partial charge is 0.294 e. The van der Waals surface area contributed by atoms with Gasteiger partial charge in [0.25, 0.3) is 5.69 Å². The Morgan fingerprint density at radius 3 is 2.71 bits per heavy atom. The molecule has 0 N–H and O–H groups in total. The summed E-state index contributed by atoms with van der Waals surface area (Å²) in [7, 11) is 0. The predicted octanol–water partition coefficient (Wildman–Crippen LogP) is 3.61. The van der Waals surface area contributed by atoms with Gasteiger partial charge >= 0.3 is 0 Å². The minimum atomic E-state index is -0.435. The van der Waals surface area contributed by atoms with Crippen molar-refractivity contribution in [2.24, 2.45) is 0 Å². The summed E-state index contributed by atoms with van der Waals surface area (Å²) in [6.07, 6.45) is 1.67. The number of rotatable bonds is 3. The molecule has 2 aromatic carbocycles. The first-order valence-electron chi connectivity index (χ1n) is 6.07. The second-order valence-corrected chi connectivity index (χ2v) is 5.22. The van der Waals surface area contributed by atoms with Gasteiger partial charge in [0.2, 0.25) is 0 Å². The predicted molar refractivity (Wildman–Crippen MR) is 81.1 cm³/mol. The molecule has 0 aliphatic rings. The van der Waals surface area contributed by atoms with E-state index in [9.17, 15) is 10.1 Å². The molecule has 0 bridgehead atoms. The van der Waals surface area contributed by atoms with Crippen molar-refractivity contribution in [2.75, 3.05) is 0 Å². The zero-order chi connectivity index (χ0) is 14.8. The van der Waals surface area contributed by atoms with Crippen LogP contribution in [0.4, 0.5) is 5.69 Å². The fourth-order valence-electron chi connectivity index (χ4n) is 1.97. The van der Waals surface area contributed by atoms with Crippen LogP contribution in [-0.4, -0.2) is 19.9 Å². The third kappa shape index (κ3) is 2.68.